The summed E-state index contributed by atoms with van der Waals surface area (Å²) in [5.74, 6) is -7.13. The summed E-state index contributed by atoms with van der Waals surface area (Å²) in [7, 11) is 0. The first kappa shape index (κ1) is 24.7. The first-order chi connectivity index (χ1) is 17.7. The van der Waals surface area contributed by atoms with E-state index in [1.807, 2.05) is 23.0 Å². The topological polar surface area (TPSA) is 85.0 Å². The number of carbonyl (C=O) groups is 1. The SMILES string of the molecule is O=C(NCC1CCC(n2cc3cc(-c4cnn(C(F)F)c4)ccc3n2)CC1)c1cc(F)c(O)c(F)c1F. The molecule has 1 amide bonds. The lowest BCUT2D eigenvalue weighted by molar-refractivity contribution is 0.0566. The van der Waals surface area contributed by atoms with Crippen molar-refractivity contribution in [3.8, 4) is 16.9 Å². The van der Waals surface area contributed by atoms with Crippen LogP contribution in [0.15, 0.2) is 42.9 Å². The number of benzene rings is 2. The average Bonchev–Trinajstić information content (AvgIpc) is 3.56. The summed E-state index contributed by atoms with van der Waals surface area (Å²) < 4.78 is 69.1. The number of amides is 1. The molecule has 0 bridgehead atoms. The van der Waals surface area contributed by atoms with E-state index in [0.717, 1.165) is 42.1 Å². The van der Waals surface area contributed by atoms with Crippen molar-refractivity contribution in [1.29, 1.82) is 0 Å². The number of hydrogen-bond donors (Lipinski definition) is 2. The number of alkyl halides is 2. The van der Waals surface area contributed by atoms with Crippen LogP contribution < -0.4 is 5.32 Å². The quantitative estimate of drug-likeness (QED) is 0.257. The van der Waals surface area contributed by atoms with E-state index < -0.39 is 41.2 Å². The summed E-state index contributed by atoms with van der Waals surface area (Å²) in [6.07, 6.45) is 7.65. The van der Waals surface area contributed by atoms with E-state index in [-0.39, 0.29) is 18.5 Å². The van der Waals surface area contributed by atoms with Crippen LogP contribution >= 0.6 is 0 Å². The van der Waals surface area contributed by atoms with Crippen molar-refractivity contribution in [3.05, 3.63) is 65.9 Å². The summed E-state index contributed by atoms with van der Waals surface area (Å²) in [4.78, 5) is 12.3. The highest BCUT2D eigenvalue weighted by molar-refractivity contribution is 5.94. The second-order valence-corrected chi connectivity index (χ2v) is 9.14. The zero-order chi connectivity index (χ0) is 26.3. The van der Waals surface area contributed by atoms with E-state index in [1.54, 1.807) is 6.07 Å². The van der Waals surface area contributed by atoms with Gasteiger partial charge in [0.25, 0.3) is 5.91 Å². The summed E-state index contributed by atoms with van der Waals surface area (Å²) in [5, 5.41) is 20.8. The number of aromatic nitrogens is 4. The van der Waals surface area contributed by atoms with Crippen LogP contribution in [0.1, 0.15) is 48.6 Å². The van der Waals surface area contributed by atoms with Crippen LogP contribution in [0.3, 0.4) is 0 Å². The van der Waals surface area contributed by atoms with Crippen molar-refractivity contribution in [3.63, 3.8) is 0 Å². The molecule has 2 heterocycles. The maximum Gasteiger partial charge on any atom is 0.333 e. The van der Waals surface area contributed by atoms with Gasteiger partial charge in [-0.3, -0.25) is 9.48 Å². The molecule has 1 aliphatic carbocycles. The van der Waals surface area contributed by atoms with Crippen molar-refractivity contribution < 1.29 is 31.9 Å². The first-order valence-electron chi connectivity index (χ1n) is 11.7. The van der Waals surface area contributed by atoms with Gasteiger partial charge in [0.1, 0.15) is 0 Å². The van der Waals surface area contributed by atoms with Gasteiger partial charge in [-0.25, -0.2) is 13.5 Å². The lowest BCUT2D eigenvalue weighted by Gasteiger charge is -2.28. The summed E-state index contributed by atoms with van der Waals surface area (Å²) >= 11 is 0. The summed E-state index contributed by atoms with van der Waals surface area (Å²) in [5.41, 5.74) is 1.30. The number of nitrogens with one attached hydrogen (secondary N) is 1. The molecule has 0 saturated heterocycles. The average molecular weight is 519 g/mol. The number of carbonyl (C=O) groups excluding carboxylic acids is 1. The molecule has 2 aromatic heterocycles. The molecular weight excluding hydrogens is 497 g/mol. The number of phenolic OH excluding ortho intramolecular Hbond substituents is 1. The van der Waals surface area contributed by atoms with Gasteiger partial charge in [0, 0.05) is 29.9 Å². The predicted octanol–water partition coefficient (Wildman–Crippen LogP) is 5.58. The van der Waals surface area contributed by atoms with Crippen molar-refractivity contribution in [1.82, 2.24) is 24.9 Å². The Morgan fingerprint density at radius 3 is 2.51 bits per heavy atom. The molecule has 0 aliphatic heterocycles. The second kappa shape index (κ2) is 9.83. The molecule has 0 radical (unpaired) electrons. The third-order valence-electron chi connectivity index (χ3n) is 6.78. The van der Waals surface area contributed by atoms with Gasteiger partial charge in [-0.1, -0.05) is 6.07 Å². The molecule has 0 unspecified atom stereocenters. The molecule has 7 nitrogen and oxygen atoms in total. The Kier molecular flexibility index (Phi) is 6.57. The van der Waals surface area contributed by atoms with Gasteiger partial charge >= 0.3 is 6.55 Å². The Morgan fingerprint density at radius 2 is 1.81 bits per heavy atom. The van der Waals surface area contributed by atoms with E-state index in [2.05, 4.69) is 15.5 Å². The van der Waals surface area contributed by atoms with Crippen LogP contribution in [0, 0.1) is 23.4 Å². The second-order valence-electron chi connectivity index (χ2n) is 9.14. The van der Waals surface area contributed by atoms with Crippen molar-refractivity contribution >= 4 is 16.8 Å². The molecule has 37 heavy (non-hydrogen) atoms. The molecule has 1 saturated carbocycles. The van der Waals surface area contributed by atoms with Crippen molar-refractivity contribution in [2.75, 3.05) is 6.54 Å². The third kappa shape index (κ3) is 4.87. The fourth-order valence-electron chi connectivity index (χ4n) is 4.70. The lowest BCUT2D eigenvalue weighted by atomic mass is 9.86. The molecule has 0 spiro atoms. The van der Waals surface area contributed by atoms with E-state index in [1.165, 1.54) is 12.4 Å². The Morgan fingerprint density at radius 1 is 1.05 bits per heavy atom. The highest BCUT2D eigenvalue weighted by Gasteiger charge is 2.26. The van der Waals surface area contributed by atoms with Crippen LogP contribution in [0.4, 0.5) is 22.0 Å². The van der Waals surface area contributed by atoms with Gasteiger partial charge in [-0.2, -0.15) is 23.4 Å². The first-order valence-corrected chi connectivity index (χ1v) is 11.7. The van der Waals surface area contributed by atoms with E-state index >= 15 is 0 Å². The normalized spacial score (nSPS) is 18.0. The van der Waals surface area contributed by atoms with Crippen molar-refractivity contribution in [2.45, 2.75) is 38.3 Å². The third-order valence-corrected chi connectivity index (χ3v) is 6.78. The van der Waals surface area contributed by atoms with Gasteiger partial charge in [0.2, 0.25) is 5.82 Å². The van der Waals surface area contributed by atoms with E-state index in [9.17, 15) is 26.7 Å². The lowest BCUT2D eigenvalue weighted by Crippen LogP contribution is -2.32. The number of aromatic hydroxyl groups is 1. The molecular formula is C25H22F5N5O2. The maximum absolute atomic E-state index is 13.9. The van der Waals surface area contributed by atoms with Gasteiger partial charge in [-0.05, 0) is 55.4 Å². The molecule has 1 fully saturated rings. The summed E-state index contributed by atoms with van der Waals surface area (Å²) in [6, 6.07) is 6.11. The zero-order valence-electron chi connectivity index (χ0n) is 19.3. The largest absolute Gasteiger partial charge is 0.503 e. The van der Waals surface area contributed by atoms with Gasteiger partial charge < -0.3 is 10.4 Å². The number of halogens is 5. The van der Waals surface area contributed by atoms with Gasteiger partial charge in [0.15, 0.2) is 17.4 Å². The number of fused-ring (bicyclic) bond motifs is 1. The fraction of sp³-hybridized carbons (Fsp3) is 0.320. The maximum atomic E-state index is 13.9. The Hall–Kier alpha value is -3.96. The number of hydrogen-bond acceptors (Lipinski definition) is 4. The Labute approximate surface area is 207 Å². The van der Waals surface area contributed by atoms with Gasteiger partial charge in [-0.15, -0.1) is 0 Å². The smallest absolute Gasteiger partial charge is 0.333 e. The van der Waals surface area contributed by atoms with Crippen LogP contribution in [0.25, 0.3) is 22.0 Å². The number of rotatable bonds is 6. The molecule has 1 aliphatic rings. The standard InChI is InChI=1S/C25H22F5N5O2/c26-19-8-18(21(27)22(28)23(19)36)24(37)31-9-13-1-4-17(5-2-13)34-11-15-7-14(3-6-20(15)33-34)16-10-32-35(12-16)25(29)30/h3,6-8,10-13,17,25,36H,1-2,4-5,9H2,(H,31,37). The predicted molar refractivity (Wildman–Crippen MR) is 124 cm³/mol. The summed E-state index contributed by atoms with van der Waals surface area (Å²) in [6.45, 7) is -2.49. The van der Waals surface area contributed by atoms with Gasteiger partial charge in [0.05, 0.1) is 23.3 Å². The monoisotopic (exact) mass is 519 g/mol. The van der Waals surface area contributed by atoms with E-state index in [4.69, 9.17) is 5.11 Å². The molecule has 194 valence electrons. The minimum Gasteiger partial charge on any atom is -0.503 e. The number of phenols is 1. The van der Waals surface area contributed by atoms with E-state index in [0.29, 0.717) is 16.3 Å². The molecule has 2 N–H and O–H groups in total. The minimum absolute atomic E-state index is 0.0954. The van der Waals surface area contributed by atoms with Crippen LogP contribution in [0.2, 0.25) is 0 Å². The molecule has 4 aromatic rings. The molecule has 5 rings (SSSR count). The number of nitrogens with zero attached hydrogens (tertiary/aromatic N) is 4. The minimum atomic E-state index is -2.70. The molecule has 12 heteroatoms. The molecule has 0 atom stereocenters. The highest BCUT2D eigenvalue weighted by atomic mass is 19.3. The van der Waals surface area contributed by atoms with Crippen LogP contribution in [-0.4, -0.2) is 37.1 Å². The highest BCUT2D eigenvalue weighted by Crippen LogP contribution is 2.33. The van der Waals surface area contributed by atoms with Crippen LogP contribution in [0.5, 0.6) is 5.75 Å². The van der Waals surface area contributed by atoms with Crippen molar-refractivity contribution in [2.24, 2.45) is 5.92 Å². The fourth-order valence-corrected chi connectivity index (χ4v) is 4.70. The Balaban J connectivity index is 1.19. The van der Waals surface area contributed by atoms with Crippen LogP contribution in [-0.2, 0) is 0 Å². The molecule has 2 aromatic carbocycles. The Bertz CT molecular complexity index is 1460. The zero-order valence-corrected chi connectivity index (χ0v) is 19.3.